The average Bonchev–Trinajstić information content (AvgIpc) is 1.01. The van der Waals surface area contributed by atoms with Gasteiger partial charge in [0.25, 0.3) is 0 Å². The van der Waals surface area contributed by atoms with Gasteiger partial charge in [-0.1, -0.05) is 27.3 Å². The summed E-state index contributed by atoms with van der Waals surface area (Å²) in [5.41, 5.74) is 2.09. The number of aliphatic carboxylic acids is 1. The van der Waals surface area contributed by atoms with Crippen molar-refractivity contribution in [1.29, 1.82) is 0 Å². The lowest BCUT2D eigenvalue weighted by Crippen LogP contribution is -2.64. The molecule has 0 saturated carbocycles. The zero-order valence-corrected chi connectivity index (χ0v) is 71.0. The third kappa shape index (κ3) is 34.9. The van der Waals surface area contributed by atoms with Gasteiger partial charge in [0.2, 0.25) is 23.6 Å². The fraction of sp³-hybridized carbons (Fsp3) is 0.824. The number of carbonyl (C=O) groups excluding carboxylic acids is 4. The van der Waals surface area contributed by atoms with Crippen molar-refractivity contribution >= 4 is 29.6 Å². The van der Waals surface area contributed by atoms with Crippen LogP contribution in [0.2, 0.25) is 0 Å². The Balaban J connectivity index is 0.846. The molecule has 4 saturated heterocycles. The van der Waals surface area contributed by atoms with Crippen molar-refractivity contribution in [1.82, 2.24) is 91.0 Å². The summed E-state index contributed by atoms with van der Waals surface area (Å²) in [5.74, 6) is -3.07. The van der Waals surface area contributed by atoms with Crippen LogP contribution in [-0.2, 0) is 152 Å². The minimum atomic E-state index is -1.47. The lowest BCUT2D eigenvalue weighted by molar-refractivity contribution is -0.272. The largest absolute Gasteiger partial charge is 0.480 e. The SMILES string of the molecule is CC(=O)NC1C(OCCOCCOCCn2cc(CN(CCCCC(C(=O)O)N(Cc3cn(CCOCCOCCOC4OC(CO)C(O)C(O)C4NC(C)=O)nn3)Cc3cn(CCOCCOCCOC4OC(CO)C(O)C(O)C4NC(C)=O)nn3)Cc3cn(CCOCCOCCOC4OC(CO)C(O)C(O)C4NC(C)=O)nn3)nn2)OC(CO)C(O)C1O. The number of carboxylic acid groups (broad SMARTS) is 1. The summed E-state index contributed by atoms with van der Waals surface area (Å²) in [7, 11) is 0. The van der Waals surface area contributed by atoms with Crippen LogP contribution >= 0.6 is 0 Å². The number of nitrogens with one attached hydrogen (secondary N) is 4. The summed E-state index contributed by atoms with van der Waals surface area (Å²) < 4.78 is 97.4. The lowest BCUT2D eigenvalue weighted by Gasteiger charge is -2.42. The molecular weight excluding hydrogens is 1680 g/mol. The number of nitrogens with zero attached hydrogens (tertiary/aromatic N) is 14. The number of hydrogen-bond acceptors (Lipinski definition) is 43. The van der Waals surface area contributed by atoms with Gasteiger partial charge in [0.05, 0.1) is 208 Å². The Hall–Kier alpha value is -7.29. The molecule has 0 aliphatic carbocycles. The van der Waals surface area contributed by atoms with E-state index in [1.54, 1.807) is 48.4 Å². The highest BCUT2D eigenvalue weighted by molar-refractivity contribution is 5.75. The van der Waals surface area contributed by atoms with E-state index < -0.39 is 185 Å². The molecule has 0 aromatic carbocycles. The van der Waals surface area contributed by atoms with Crippen LogP contribution in [0.15, 0.2) is 24.8 Å². The molecule has 52 heteroatoms. The number of amides is 4. The predicted molar refractivity (Wildman–Crippen MR) is 421 cm³/mol. The fourth-order valence-corrected chi connectivity index (χ4v) is 13.8. The fourth-order valence-electron chi connectivity index (χ4n) is 13.8. The Morgan fingerprint density at radius 1 is 0.357 bits per heavy atom. The smallest absolute Gasteiger partial charge is 0.320 e. The molecule has 0 bridgehead atoms. The Kier molecular flexibility index (Phi) is 46.5. The van der Waals surface area contributed by atoms with E-state index in [9.17, 15) is 90.4 Å². The quantitative estimate of drug-likeness (QED) is 0.0183. The van der Waals surface area contributed by atoms with E-state index in [1.165, 1.54) is 27.7 Å². The number of carbonyl (C=O) groups is 5. The molecule has 4 aromatic heterocycles. The van der Waals surface area contributed by atoms with Crippen molar-refractivity contribution in [2.75, 3.05) is 165 Å². The molecule has 21 unspecified atom stereocenters. The van der Waals surface area contributed by atoms with Crippen molar-refractivity contribution in [2.45, 2.75) is 228 Å². The first-order valence-corrected chi connectivity index (χ1v) is 41.7. The first kappa shape index (κ1) is 104. The highest BCUT2D eigenvalue weighted by atomic mass is 16.7. The van der Waals surface area contributed by atoms with Gasteiger partial charge in [-0.05, 0) is 19.4 Å². The summed E-state index contributed by atoms with van der Waals surface area (Å²) in [6.45, 7) is 7.27. The first-order chi connectivity index (χ1) is 60.8. The number of aliphatic hydroxyl groups is 12. The van der Waals surface area contributed by atoms with Crippen LogP contribution in [0.5, 0.6) is 0 Å². The molecule has 716 valence electrons. The third-order valence-corrected chi connectivity index (χ3v) is 20.2. The predicted octanol–water partition coefficient (Wildman–Crippen LogP) is -10.6. The number of unbranched alkanes of at least 4 members (excludes halogenated alkanes) is 1. The number of ether oxygens (including phenoxy) is 16. The van der Waals surface area contributed by atoms with Crippen LogP contribution in [0.1, 0.15) is 69.7 Å². The minimum absolute atomic E-state index is 0.0156. The molecule has 0 spiro atoms. The maximum Gasteiger partial charge on any atom is 0.320 e. The van der Waals surface area contributed by atoms with E-state index in [-0.39, 0.29) is 178 Å². The van der Waals surface area contributed by atoms with Crippen LogP contribution < -0.4 is 21.3 Å². The highest BCUT2D eigenvalue weighted by Crippen LogP contribution is 2.27. The maximum absolute atomic E-state index is 13.6. The summed E-state index contributed by atoms with van der Waals surface area (Å²) in [4.78, 5) is 64.7. The van der Waals surface area contributed by atoms with Gasteiger partial charge in [0.15, 0.2) is 25.2 Å². The van der Waals surface area contributed by atoms with Gasteiger partial charge in [-0.15, -0.1) is 20.4 Å². The minimum Gasteiger partial charge on any atom is -0.480 e. The molecular formula is C74H126N18O34. The maximum atomic E-state index is 13.6. The number of rotatable bonds is 63. The highest BCUT2D eigenvalue weighted by Gasteiger charge is 2.49. The zero-order valence-electron chi connectivity index (χ0n) is 71.0. The summed E-state index contributed by atoms with van der Waals surface area (Å²) >= 11 is 0. The molecule has 4 aliphatic heterocycles. The standard InChI is InChI=1S/C74H126N18O34/c1-45(97)75-58-66(105)62(101)54(41-93)123-71(58)119-29-25-115-21-17-111-13-9-89-37-49(79-83-89)33-87(34-50-38-90(84-80-50)10-14-112-18-22-116-26-30-120-72-59(76-46(2)98)67(106)63(102)55(42-94)124-72)8-6-5-7-53(70(109)110)88(35-51-39-91(85-81-51)11-15-113-19-23-117-27-31-121-73-60(77-47(3)99)68(107)64(103)56(43-95)125-73)36-52-40-92(86-82-52)12-16-114-20-24-118-28-32-122-74-61(78-48(4)100)69(108)65(104)57(44-96)126-74/h37-40,53-69,71-74,93-96,101-108H,5-36,41-44H2,1-4H3,(H,75,97)(H,76,98)(H,77,99)(H,78,100)(H,109,110). The average molecular weight is 1810 g/mol. The summed E-state index contributed by atoms with van der Waals surface area (Å²) in [6, 6.07) is -5.49. The Labute approximate surface area is 725 Å². The van der Waals surface area contributed by atoms with Crippen molar-refractivity contribution in [3.8, 4) is 0 Å². The molecule has 21 atom stereocenters. The van der Waals surface area contributed by atoms with Gasteiger partial charge >= 0.3 is 5.97 Å². The van der Waals surface area contributed by atoms with Crippen LogP contribution in [0.3, 0.4) is 0 Å². The van der Waals surface area contributed by atoms with Crippen molar-refractivity contribution in [2.24, 2.45) is 0 Å². The van der Waals surface area contributed by atoms with Crippen molar-refractivity contribution in [3.63, 3.8) is 0 Å². The van der Waals surface area contributed by atoms with Crippen LogP contribution in [0, 0.1) is 0 Å². The van der Waals surface area contributed by atoms with E-state index in [0.717, 1.165) is 0 Å². The zero-order chi connectivity index (χ0) is 90.9. The number of carboxylic acids is 1. The second-order valence-corrected chi connectivity index (χ2v) is 30.0. The van der Waals surface area contributed by atoms with E-state index >= 15 is 0 Å². The second kappa shape index (κ2) is 56.3. The first-order valence-electron chi connectivity index (χ1n) is 41.7. The molecule has 8 rings (SSSR count). The molecule has 4 fully saturated rings. The molecule has 4 amide bonds. The number of aromatic nitrogens is 12. The molecule has 0 radical (unpaired) electrons. The van der Waals surface area contributed by atoms with Crippen molar-refractivity contribution < 1.29 is 166 Å². The molecule has 4 aliphatic rings. The molecule has 4 aromatic rings. The van der Waals surface area contributed by atoms with Crippen LogP contribution in [-0.4, -0.2) is 459 Å². The van der Waals surface area contributed by atoms with Crippen molar-refractivity contribution in [3.05, 3.63) is 47.6 Å². The number of aliphatic hydroxyl groups excluding tert-OH is 12. The van der Waals surface area contributed by atoms with E-state index in [1.807, 2.05) is 0 Å². The second-order valence-electron chi connectivity index (χ2n) is 30.0. The normalized spacial score (nSPS) is 26.7. The van der Waals surface area contributed by atoms with Gasteiger partial charge in [-0.3, -0.25) is 33.8 Å². The summed E-state index contributed by atoms with van der Waals surface area (Å²) in [6.07, 6.45) is -13.0. The van der Waals surface area contributed by atoms with E-state index in [2.05, 4.69) is 67.4 Å². The Bertz CT molecular complexity index is 3520. The molecule has 52 nitrogen and oxygen atoms in total. The molecule has 8 heterocycles. The number of hydrogen-bond donors (Lipinski definition) is 17. The van der Waals surface area contributed by atoms with Gasteiger partial charge < -0.3 is 163 Å². The molecule has 17 N–H and O–H groups in total. The Morgan fingerprint density at radius 2 is 0.595 bits per heavy atom. The third-order valence-electron chi connectivity index (χ3n) is 20.2. The van der Waals surface area contributed by atoms with Gasteiger partial charge in [0, 0.05) is 78.7 Å². The Morgan fingerprint density at radius 3 is 0.833 bits per heavy atom. The van der Waals surface area contributed by atoms with Gasteiger partial charge in [0.1, 0.15) is 103 Å². The van der Waals surface area contributed by atoms with E-state index in [4.69, 9.17) is 75.8 Å². The van der Waals surface area contributed by atoms with Crippen LogP contribution in [0.4, 0.5) is 0 Å². The van der Waals surface area contributed by atoms with Gasteiger partial charge in [-0.2, -0.15) is 0 Å². The topological polar surface area (TPSA) is 673 Å². The monoisotopic (exact) mass is 1810 g/mol. The summed E-state index contributed by atoms with van der Waals surface area (Å²) in [5, 5.41) is 178. The van der Waals surface area contributed by atoms with Crippen LogP contribution in [0.25, 0.3) is 0 Å². The molecule has 126 heavy (non-hydrogen) atoms. The lowest BCUT2D eigenvalue weighted by atomic mass is 9.97. The van der Waals surface area contributed by atoms with E-state index in [0.29, 0.717) is 55.3 Å². The van der Waals surface area contributed by atoms with Gasteiger partial charge in [-0.25, -0.2) is 18.7 Å².